The summed E-state index contributed by atoms with van der Waals surface area (Å²) in [5.74, 6) is 1.18. The van der Waals surface area contributed by atoms with Gasteiger partial charge in [0.05, 0.1) is 11.0 Å². The van der Waals surface area contributed by atoms with Gasteiger partial charge in [-0.25, -0.2) is 4.98 Å². The maximum absolute atomic E-state index is 6.07. The normalized spacial score (nSPS) is 19.3. The lowest BCUT2D eigenvalue weighted by Gasteiger charge is -2.33. The van der Waals surface area contributed by atoms with Crippen molar-refractivity contribution in [3.8, 4) is 0 Å². The van der Waals surface area contributed by atoms with Crippen molar-refractivity contribution < 1.29 is 0 Å². The molecule has 96 valence electrons. The number of aryl methyl sites for hydroxylation is 1. The molecule has 0 saturated carbocycles. The number of benzene rings is 1. The number of hydrogen-bond acceptors (Lipinski definition) is 2. The number of hydrogen-bond donors (Lipinski definition) is 1. The molecular weight excluding hydrogens is 246 g/mol. The second-order valence-electron chi connectivity index (χ2n) is 5.44. The first-order valence-corrected chi connectivity index (χ1v) is 6.81. The molecule has 1 aliphatic heterocycles. The minimum absolute atomic E-state index is 0.172. The highest BCUT2D eigenvalue weighted by Gasteiger charge is 2.33. The highest BCUT2D eigenvalue weighted by atomic mass is 35.5. The van der Waals surface area contributed by atoms with Gasteiger partial charge in [-0.1, -0.05) is 18.5 Å². The highest BCUT2D eigenvalue weighted by Crippen LogP contribution is 2.34. The molecule has 1 aromatic heterocycles. The van der Waals surface area contributed by atoms with Gasteiger partial charge in [0.25, 0.3) is 0 Å². The van der Waals surface area contributed by atoms with Crippen LogP contribution in [0.2, 0.25) is 5.02 Å². The first-order chi connectivity index (χ1) is 8.60. The summed E-state index contributed by atoms with van der Waals surface area (Å²) in [6.07, 6.45) is 2.27. The number of halogens is 1. The van der Waals surface area contributed by atoms with Crippen LogP contribution in [-0.2, 0) is 12.5 Å². The van der Waals surface area contributed by atoms with Crippen LogP contribution in [0.15, 0.2) is 18.2 Å². The van der Waals surface area contributed by atoms with Gasteiger partial charge in [0.1, 0.15) is 5.82 Å². The lowest BCUT2D eigenvalue weighted by molar-refractivity contribution is 0.313. The van der Waals surface area contributed by atoms with Crippen molar-refractivity contribution in [1.29, 1.82) is 0 Å². The van der Waals surface area contributed by atoms with Crippen molar-refractivity contribution in [2.24, 2.45) is 7.05 Å². The van der Waals surface area contributed by atoms with E-state index < -0.39 is 0 Å². The first-order valence-electron chi connectivity index (χ1n) is 6.43. The fraction of sp³-hybridized carbons (Fsp3) is 0.500. The number of aromatic nitrogens is 2. The van der Waals surface area contributed by atoms with Crippen LogP contribution >= 0.6 is 11.6 Å². The standard InChI is InChI=1S/C14H18ClN3/c1-14(5-7-16-8-6-14)13-17-11-4-3-10(15)9-12(11)18(13)2/h3-4,9,16H,5-8H2,1-2H3. The van der Waals surface area contributed by atoms with E-state index in [4.69, 9.17) is 16.6 Å². The zero-order valence-electron chi connectivity index (χ0n) is 10.8. The summed E-state index contributed by atoms with van der Waals surface area (Å²) in [5.41, 5.74) is 2.33. The molecule has 3 nitrogen and oxygen atoms in total. The number of piperidine rings is 1. The Morgan fingerprint density at radius 3 is 2.78 bits per heavy atom. The molecule has 2 aromatic rings. The third kappa shape index (κ3) is 1.82. The summed E-state index contributed by atoms with van der Waals surface area (Å²) < 4.78 is 2.20. The number of nitrogens with one attached hydrogen (secondary N) is 1. The van der Waals surface area contributed by atoms with Gasteiger partial charge in [0.2, 0.25) is 0 Å². The lowest BCUT2D eigenvalue weighted by Crippen LogP contribution is -2.39. The van der Waals surface area contributed by atoms with E-state index in [1.807, 2.05) is 18.2 Å². The fourth-order valence-corrected chi connectivity index (χ4v) is 3.07. The van der Waals surface area contributed by atoms with Crippen LogP contribution in [-0.4, -0.2) is 22.6 Å². The minimum atomic E-state index is 0.172. The molecule has 2 heterocycles. The summed E-state index contributed by atoms with van der Waals surface area (Å²) in [7, 11) is 2.09. The molecule has 0 radical (unpaired) electrons. The molecule has 3 rings (SSSR count). The van der Waals surface area contributed by atoms with Crippen LogP contribution in [0, 0.1) is 0 Å². The minimum Gasteiger partial charge on any atom is -0.331 e. The maximum Gasteiger partial charge on any atom is 0.115 e. The van der Waals surface area contributed by atoms with Crippen molar-refractivity contribution in [2.75, 3.05) is 13.1 Å². The van der Waals surface area contributed by atoms with Crippen LogP contribution in [0.25, 0.3) is 11.0 Å². The fourth-order valence-electron chi connectivity index (χ4n) is 2.90. The zero-order chi connectivity index (χ0) is 12.8. The summed E-state index contributed by atoms with van der Waals surface area (Å²) in [6.45, 7) is 4.46. The summed E-state index contributed by atoms with van der Waals surface area (Å²) >= 11 is 6.07. The topological polar surface area (TPSA) is 29.9 Å². The Bertz CT molecular complexity index is 582. The Kier molecular flexibility index (Phi) is 2.83. The van der Waals surface area contributed by atoms with E-state index in [1.165, 1.54) is 5.82 Å². The number of nitrogens with zero attached hydrogens (tertiary/aromatic N) is 2. The van der Waals surface area contributed by atoms with Gasteiger partial charge in [0, 0.05) is 17.5 Å². The summed E-state index contributed by atoms with van der Waals surface area (Å²) in [4.78, 5) is 4.83. The predicted molar refractivity (Wildman–Crippen MR) is 75.2 cm³/mol. The average Bonchev–Trinajstić information content (AvgIpc) is 2.68. The van der Waals surface area contributed by atoms with Gasteiger partial charge in [-0.15, -0.1) is 0 Å². The third-order valence-electron chi connectivity index (χ3n) is 4.09. The lowest BCUT2D eigenvalue weighted by atomic mass is 9.80. The van der Waals surface area contributed by atoms with Crippen LogP contribution in [0.3, 0.4) is 0 Å². The number of imidazole rings is 1. The van der Waals surface area contributed by atoms with Gasteiger partial charge in [-0.2, -0.15) is 0 Å². The van der Waals surface area contributed by atoms with Crippen LogP contribution in [0.5, 0.6) is 0 Å². The highest BCUT2D eigenvalue weighted by molar-refractivity contribution is 6.31. The monoisotopic (exact) mass is 263 g/mol. The second-order valence-corrected chi connectivity index (χ2v) is 5.87. The Balaban J connectivity index is 2.14. The van der Waals surface area contributed by atoms with Crippen molar-refractivity contribution in [2.45, 2.75) is 25.2 Å². The molecule has 1 N–H and O–H groups in total. The Morgan fingerprint density at radius 2 is 2.06 bits per heavy atom. The second kappa shape index (κ2) is 4.25. The van der Waals surface area contributed by atoms with Gasteiger partial charge < -0.3 is 9.88 Å². The largest absolute Gasteiger partial charge is 0.331 e. The molecule has 0 aliphatic carbocycles. The van der Waals surface area contributed by atoms with Crippen LogP contribution in [0.1, 0.15) is 25.6 Å². The van der Waals surface area contributed by atoms with Gasteiger partial charge in [-0.3, -0.25) is 0 Å². The Labute approximate surface area is 112 Å². The van der Waals surface area contributed by atoms with Crippen molar-refractivity contribution in [1.82, 2.24) is 14.9 Å². The van der Waals surface area contributed by atoms with E-state index >= 15 is 0 Å². The number of rotatable bonds is 1. The van der Waals surface area contributed by atoms with E-state index in [0.29, 0.717) is 0 Å². The Morgan fingerprint density at radius 1 is 1.33 bits per heavy atom. The third-order valence-corrected chi connectivity index (χ3v) is 4.32. The quantitative estimate of drug-likeness (QED) is 0.857. The maximum atomic E-state index is 6.07. The van der Waals surface area contributed by atoms with Crippen molar-refractivity contribution in [3.63, 3.8) is 0 Å². The van der Waals surface area contributed by atoms with Gasteiger partial charge >= 0.3 is 0 Å². The molecule has 0 atom stereocenters. The van der Waals surface area contributed by atoms with E-state index in [0.717, 1.165) is 42.0 Å². The molecule has 0 bridgehead atoms. The molecule has 1 fully saturated rings. The smallest absolute Gasteiger partial charge is 0.115 e. The molecule has 0 amide bonds. The molecule has 0 spiro atoms. The molecular formula is C14H18ClN3. The van der Waals surface area contributed by atoms with E-state index in [9.17, 15) is 0 Å². The van der Waals surface area contributed by atoms with Crippen LogP contribution < -0.4 is 5.32 Å². The van der Waals surface area contributed by atoms with Gasteiger partial charge in [0.15, 0.2) is 0 Å². The van der Waals surface area contributed by atoms with Crippen molar-refractivity contribution >= 4 is 22.6 Å². The molecule has 1 saturated heterocycles. The molecule has 18 heavy (non-hydrogen) atoms. The summed E-state index contributed by atoms with van der Waals surface area (Å²) in [5, 5.41) is 4.18. The molecule has 1 aromatic carbocycles. The van der Waals surface area contributed by atoms with Gasteiger partial charge in [-0.05, 0) is 44.1 Å². The molecule has 4 heteroatoms. The van der Waals surface area contributed by atoms with E-state index in [2.05, 4.69) is 23.9 Å². The number of fused-ring (bicyclic) bond motifs is 1. The SMILES string of the molecule is Cn1c(C2(C)CCNCC2)nc2ccc(Cl)cc21. The zero-order valence-corrected chi connectivity index (χ0v) is 11.6. The average molecular weight is 264 g/mol. The Hall–Kier alpha value is -1.06. The van der Waals surface area contributed by atoms with Crippen LogP contribution in [0.4, 0.5) is 0 Å². The van der Waals surface area contributed by atoms with E-state index in [1.54, 1.807) is 0 Å². The first kappa shape index (κ1) is 12.0. The molecule has 1 aliphatic rings. The molecule has 0 unspecified atom stereocenters. The van der Waals surface area contributed by atoms with E-state index in [-0.39, 0.29) is 5.41 Å². The predicted octanol–water partition coefficient (Wildman–Crippen LogP) is 2.87. The van der Waals surface area contributed by atoms with Crippen molar-refractivity contribution in [3.05, 3.63) is 29.0 Å². The summed E-state index contributed by atoms with van der Waals surface area (Å²) in [6, 6.07) is 5.91.